The third kappa shape index (κ3) is 3.37. The molecule has 24 heavy (non-hydrogen) atoms. The van der Waals surface area contributed by atoms with Gasteiger partial charge in [0.2, 0.25) is 5.91 Å². The van der Waals surface area contributed by atoms with Crippen molar-refractivity contribution in [3.8, 4) is 0 Å². The van der Waals surface area contributed by atoms with Gasteiger partial charge in [0, 0.05) is 31.0 Å². The van der Waals surface area contributed by atoms with Crippen molar-refractivity contribution < 1.29 is 14.3 Å². The highest BCUT2D eigenvalue weighted by Gasteiger charge is 2.25. The number of nitrogens with zero attached hydrogens (tertiary/aromatic N) is 2. The number of rotatable bonds is 5. The van der Waals surface area contributed by atoms with Gasteiger partial charge in [0.05, 0.1) is 18.7 Å². The molecule has 0 saturated heterocycles. The van der Waals surface area contributed by atoms with Crippen molar-refractivity contribution in [1.82, 2.24) is 9.47 Å². The first kappa shape index (κ1) is 16.7. The number of amides is 1. The fourth-order valence-corrected chi connectivity index (χ4v) is 3.76. The van der Waals surface area contributed by atoms with Crippen LogP contribution in [0.3, 0.4) is 0 Å². The van der Waals surface area contributed by atoms with Gasteiger partial charge in [-0.1, -0.05) is 0 Å². The summed E-state index contributed by atoms with van der Waals surface area (Å²) in [6.07, 6.45) is 2.07. The molecule has 0 bridgehead atoms. The molecule has 1 amide bonds. The molecule has 2 aromatic rings. The number of esters is 1. The van der Waals surface area contributed by atoms with E-state index in [1.165, 1.54) is 17.0 Å². The average Bonchev–Trinajstić information content (AvgIpc) is 3.19. The zero-order chi connectivity index (χ0) is 17.1. The summed E-state index contributed by atoms with van der Waals surface area (Å²) in [4.78, 5) is 26.4. The number of hydrogen-bond donors (Lipinski definition) is 1. The lowest BCUT2D eigenvalue weighted by molar-refractivity contribution is -0.118. The molecular weight excluding hydrogens is 326 g/mol. The summed E-state index contributed by atoms with van der Waals surface area (Å²) in [5, 5.41) is 5.17. The van der Waals surface area contributed by atoms with Gasteiger partial charge in [0.25, 0.3) is 0 Å². The Balaban J connectivity index is 1.63. The fourth-order valence-electron chi connectivity index (χ4n) is 2.97. The Bertz CT molecular complexity index is 737. The number of fused-ring (bicyclic) bond motifs is 1. The molecule has 0 spiro atoms. The van der Waals surface area contributed by atoms with Gasteiger partial charge in [-0.25, -0.2) is 4.79 Å². The van der Waals surface area contributed by atoms with Gasteiger partial charge < -0.3 is 14.6 Å². The summed E-state index contributed by atoms with van der Waals surface area (Å²) >= 11 is 1.33. The van der Waals surface area contributed by atoms with Gasteiger partial charge in [-0.2, -0.15) is 0 Å². The number of anilines is 1. The highest BCUT2D eigenvalue weighted by atomic mass is 32.1. The number of carbonyl (C=O) groups is 2. The molecule has 2 aromatic heterocycles. The SMILES string of the molecule is CCOC(=O)c1ccsc1NC(=O)CN1CCn2cccc2C1C. The van der Waals surface area contributed by atoms with E-state index in [-0.39, 0.29) is 11.9 Å². The van der Waals surface area contributed by atoms with Crippen LogP contribution in [0.2, 0.25) is 0 Å². The summed E-state index contributed by atoms with van der Waals surface area (Å²) in [6, 6.07) is 5.99. The Morgan fingerprint density at radius 1 is 1.38 bits per heavy atom. The summed E-state index contributed by atoms with van der Waals surface area (Å²) in [6.45, 7) is 6.18. The Morgan fingerprint density at radius 3 is 3.00 bits per heavy atom. The minimum atomic E-state index is -0.404. The zero-order valence-electron chi connectivity index (χ0n) is 13.8. The molecule has 1 unspecified atom stereocenters. The van der Waals surface area contributed by atoms with Crippen molar-refractivity contribution in [2.75, 3.05) is 25.0 Å². The predicted octanol–water partition coefficient (Wildman–Crippen LogP) is 2.74. The van der Waals surface area contributed by atoms with Crippen LogP contribution in [0.15, 0.2) is 29.8 Å². The van der Waals surface area contributed by atoms with E-state index >= 15 is 0 Å². The molecular formula is C17H21N3O3S. The van der Waals surface area contributed by atoms with Crippen molar-refractivity contribution in [3.05, 3.63) is 41.0 Å². The van der Waals surface area contributed by atoms with Gasteiger partial charge in [-0.3, -0.25) is 9.69 Å². The Kier molecular flexibility index (Phi) is 5.01. The molecule has 0 saturated carbocycles. The number of thiophene rings is 1. The van der Waals surface area contributed by atoms with E-state index in [2.05, 4.69) is 34.0 Å². The van der Waals surface area contributed by atoms with Gasteiger partial charge in [0.1, 0.15) is 5.00 Å². The molecule has 0 fully saturated rings. The van der Waals surface area contributed by atoms with Crippen LogP contribution >= 0.6 is 11.3 Å². The van der Waals surface area contributed by atoms with Crippen molar-refractivity contribution in [2.45, 2.75) is 26.4 Å². The normalized spacial score (nSPS) is 17.3. The lowest BCUT2D eigenvalue weighted by Crippen LogP contribution is -2.41. The number of ether oxygens (including phenoxy) is 1. The third-order valence-electron chi connectivity index (χ3n) is 4.23. The Hall–Kier alpha value is -2.12. The van der Waals surface area contributed by atoms with Crippen LogP contribution in [0.5, 0.6) is 0 Å². The van der Waals surface area contributed by atoms with Crippen LogP contribution < -0.4 is 5.32 Å². The van der Waals surface area contributed by atoms with Crippen LogP contribution in [-0.2, 0) is 16.1 Å². The van der Waals surface area contributed by atoms with Crippen LogP contribution in [0.1, 0.15) is 35.9 Å². The van der Waals surface area contributed by atoms with E-state index in [4.69, 9.17) is 4.74 Å². The van der Waals surface area contributed by atoms with Crippen LogP contribution in [-0.4, -0.2) is 41.0 Å². The molecule has 3 rings (SSSR count). The first-order valence-electron chi connectivity index (χ1n) is 8.03. The maximum atomic E-state index is 12.4. The second kappa shape index (κ2) is 7.19. The smallest absolute Gasteiger partial charge is 0.341 e. The number of nitrogens with one attached hydrogen (secondary N) is 1. The van der Waals surface area contributed by atoms with E-state index in [1.807, 2.05) is 6.07 Å². The molecule has 1 N–H and O–H groups in total. The number of aromatic nitrogens is 1. The molecule has 1 aliphatic rings. The summed E-state index contributed by atoms with van der Waals surface area (Å²) in [7, 11) is 0. The van der Waals surface area contributed by atoms with Crippen molar-refractivity contribution in [3.63, 3.8) is 0 Å². The summed E-state index contributed by atoms with van der Waals surface area (Å²) in [5.41, 5.74) is 1.63. The highest BCUT2D eigenvalue weighted by molar-refractivity contribution is 7.14. The molecule has 128 valence electrons. The maximum absolute atomic E-state index is 12.4. The summed E-state index contributed by atoms with van der Waals surface area (Å²) in [5.74, 6) is -0.520. The van der Waals surface area contributed by atoms with Crippen LogP contribution in [0.25, 0.3) is 0 Å². The molecule has 6 nitrogen and oxygen atoms in total. The summed E-state index contributed by atoms with van der Waals surface area (Å²) < 4.78 is 7.23. The fraction of sp³-hybridized carbons (Fsp3) is 0.412. The van der Waals surface area contributed by atoms with Crippen molar-refractivity contribution in [2.24, 2.45) is 0 Å². The Morgan fingerprint density at radius 2 is 2.21 bits per heavy atom. The standard InChI is InChI=1S/C17H21N3O3S/c1-3-23-17(22)13-6-10-24-16(13)18-15(21)11-20-9-8-19-7-4-5-14(19)12(20)2/h4-7,10,12H,3,8-9,11H2,1-2H3,(H,18,21). The van der Waals surface area contributed by atoms with E-state index in [0.29, 0.717) is 23.7 Å². The predicted molar refractivity (Wildman–Crippen MR) is 93.3 cm³/mol. The second-order valence-corrected chi connectivity index (χ2v) is 6.62. The Labute approximate surface area is 145 Å². The topological polar surface area (TPSA) is 63.6 Å². The van der Waals surface area contributed by atoms with Crippen molar-refractivity contribution >= 4 is 28.2 Å². The molecule has 1 aliphatic heterocycles. The quantitative estimate of drug-likeness (QED) is 0.845. The first-order chi connectivity index (χ1) is 11.6. The lowest BCUT2D eigenvalue weighted by Gasteiger charge is -2.34. The largest absolute Gasteiger partial charge is 0.462 e. The van der Waals surface area contributed by atoms with Gasteiger partial charge in [-0.15, -0.1) is 11.3 Å². The van der Waals surface area contributed by atoms with E-state index in [9.17, 15) is 9.59 Å². The van der Waals surface area contributed by atoms with E-state index in [1.54, 1.807) is 18.4 Å². The molecule has 7 heteroatoms. The zero-order valence-corrected chi connectivity index (χ0v) is 14.6. The second-order valence-electron chi connectivity index (χ2n) is 5.70. The molecule has 1 atom stereocenters. The average molecular weight is 347 g/mol. The van der Waals surface area contributed by atoms with Gasteiger partial charge in [-0.05, 0) is 37.4 Å². The highest BCUT2D eigenvalue weighted by Crippen LogP contribution is 2.26. The molecule has 0 aliphatic carbocycles. The van der Waals surface area contributed by atoms with E-state index in [0.717, 1.165) is 13.1 Å². The van der Waals surface area contributed by atoms with E-state index < -0.39 is 5.97 Å². The van der Waals surface area contributed by atoms with Gasteiger partial charge >= 0.3 is 5.97 Å². The number of hydrogen-bond acceptors (Lipinski definition) is 5. The lowest BCUT2D eigenvalue weighted by atomic mass is 10.1. The minimum absolute atomic E-state index is 0.116. The number of carbonyl (C=O) groups excluding carboxylic acids is 2. The minimum Gasteiger partial charge on any atom is -0.462 e. The van der Waals surface area contributed by atoms with Crippen molar-refractivity contribution in [1.29, 1.82) is 0 Å². The first-order valence-corrected chi connectivity index (χ1v) is 8.91. The molecule has 3 heterocycles. The molecule has 0 radical (unpaired) electrons. The monoisotopic (exact) mass is 347 g/mol. The van der Waals surface area contributed by atoms with Gasteiger partial charge in [0.15, 0.2) is 0 Å². The van der Waals surface area contributed by atoms with Crippen LogP contribution in [0, 0.1) is 0 Å². The molecule has 0 aromatic carbocycles. The van der Waals surface area contributed by atoms with Crippen LogP contribution in [0.4, 0.5) is 5.00 Å². The maximum Gasteiger partial charge on any atom is 0.341 e. The third-order valence-corrected chi connectivity index (χ3v) is 5.06.